The van der Waals surface area contributed by atoms with E-state index in [1.807, 2.05) is 0 Å². The Morgan fingerprint density at radius 3 is 2.35 bits per heavy atom. The molecule has 2 rings (SSSR count). The van der Waals surface area contributed by atoms with Gasteiger partial charge in [-0.2, -0.15) is 5.10 Å². The van der Waals surface area contributed by atoms with Crippen molar-refractivity contribution in [3.05, 3.63) is 35.2 Å². The summed E-state index contributed by atoms with van der Waals surface area (Å²) in [7, 11) is 2.90. The summed E-state index contributed by atoms with van der Waals surface area (Å²) in [6.45, 7) is 1.58. The molecule has 23 heavy (non-hydrogen) atoms. The molecule has 0 bridgehead atoms. The molecule has 0 fully saturated rings. The van der Waals surface area contributed by atoms with Crippen LogP contribution >= 0.6 is 0 Å². The van der Waals surface area contributed by atoms with Crippen molar-refractivity contribution >= 4 is 18.1 Å². The van der Waals surface area contributed by atoms with Crippen molar-refractivity contribution in [2.45, 2.75) is 13.5 Å². The normalized spacial score (nSPS) is 10.9. The number of carboxylic acid groups (broad SMARTS) is 1. The zero-order valence-electron chi connectivity index (χ0n) is 13.1. The van der Waals surface area contributed by atoms with E-state index in [0.29, 0.717) is 17.2 Å². The number of methoxy groups -OCH3 is 2. The quantitative estimate of drug-likeness (QED) is 0.848. The monoisotopic (exact) mass is 318 g/mol. The summed E-state index contributed by atoms with van der Waals surface area (Å²) in [5.74, 6) is -0.451. The summed E-state index contributed by atoms with van der Waals surface area (Å²) in [4.78, 5) is 10.9. The van der Waals surface area contributed by atoms with Gasteiger partial charge in [0.1, 0.15) is 6.54 Å². The maximum Gasteiger partial charge on any atom is 0.325 e. The average molecular weight is 318 g/mol. The van der Waals surface area contributed by atoms with Crippen molar-refractivity contribution in [1.29, 1.82) is 0 Å². The molecular formula is C16H18N2O5. The maximum absolute atomic E-state index is 10.9. The standard InChI is InChI=1S/C16H18N2O5/c1-10-6-12(18(17-10)9-15(19)20)5-4-11-7-13(22-2)16(21)14(8-11)23-3/h4-8,21H,9H2,1-3H3,(H,19,20). The van der Waals surface area contributed by atoms with E-state index >= 15 is 0 Å². The molecule has 0 aliphatic carbocycles. The van der Waals surface area contributed by atoms with Gasteiger partial charge in [0.2, 0.25) is 5.75 Å². The van der Waals surface area contributed by atoms with Crippen LogP contribution in [0.5, 0.6) is 17.2 Å². The molecule has 1 aromatic carbocycles. The second-order valence-electron chi connectivity index (χ2n) is 4.87. The number of carboxylic acids is 1. The Labute approximate surface area is 133 Å². The molecule has 2 N–H and O–H groups in total. The van der Waals surface area contributed by atoms with Gasteiger partial charge in [-0.1, -0.05) is 6.08 Å². The van der Waals surface area contributed by atoms with Gasteiger partial charge in [0.05, 0.1) is 25.6 Å². The molecule has 7 nitrogen and oxygen atoms in total. The Balaban J connectivity index is 2.35. The number of aryl methyl sites for hydroxylation is 1. The van der Waals surface area contributed by atoms with E-state index in [4.69, 9.17) is 14.6 Å². The Bertz CT molecular complexity index is 724. The topological polar surface area (TPSA) is 93.8 Å². The van der Waals surface area contributed by atoms with Crippen LogP contribution in [0.1, 0.15) is 17.0 Å². The molecule has 0 spiro atoms. The van der Waals surface area contributed by atoms with E-state index in [1.54, 1.807) is 37.3 Å². The molecule has 0 aliphatic rings. The number of aliphatic carboxylic acids is 1. The fourth-order valence-electron chi connectivity index (χ4n) is 2.15. The number of benzene rings is 1. The number of aromatic hydroxyl groups is 1. The summed E-state index contributed by atoms with van der Waals surface area (Å²) in [6, 6.07) is 5.09. The molecule has 2 aromatic rings. The Morgan fingerprint density at radius 2 is 1.83 bits per heavy atom. The molecule has 1 aromatic heterocycles. The van der Waals surface area contributed by atoms with Crippen LogP contribution in [-0.2, 0) is 11.3 Å². The molecule has 0 radical (unpaired) electrons. The first-order chi connectivity index (χ1) is 10.9. The van der Waals surface area contributed by atoms with Gasteiger partial charge in [0.15, 0.2) is 11.5 Å². The first-order valence-electron chi connectivity index (χ1n) is 6.84. The largest absolute Gasteiger partial charge is 0.502 e. The smallest absolute Gasteiger partial charge is 0.325 e. The fourth-order valence-corrected chi connectivity index (χ4v) is 2.15. The lowest BCUT2D eigenvalue weighted by molar-refractivity contribution is -0.137. The summed E-state index contributed by atoms with van der Waals surface area (Å²) in [5.41, 5.74) is 2.12. The predicted molar refractivity (Wildman–Crippen MR) is 84.7 cm³/mol. The lowest BCUT2D eigenvalue weighted by Crippen LogP contribution is -2.11. The van der Waals surface area contributed by atoms with Crippen molar-refractivity contribution in [2.75, 3.05) is 14.2 Å². The van der Waals surface area contributed by atoms with Gasteiger partial charge in [-0.05, 0) is 36.8 Å². The Morgan fingerprint density at radius 1 is 1.22 bits per heavy atom. The lowest BCUT2D eigenvalue weighted by Gasteiger charge is -2.09. The van der Waals surface area contributed by atoms with Gasteiger partial charge in [0, 0.05) is 0 Å². The van der Waals surface area contributed by atoms with Gasteiger partial charge in [0.25, 0.3) is 0 Å². The fraction of sp³-hybridized carbons (Fsp3) is 0.250. The summed E-state index contributed by atoms with van der Waals surface area (Å²) in [6.07, 6.45) is 3.51. The van der Waals surface area contributed by atoms with Gasteiger partial charge in [-0.25, -0.2) is 0 Å². The van der Waals surface area contributed by atoms with Crippen LogP contribution < -0.4 is 9.47 Å². The number of nitrogens with zero attached hydrogens (tertiary/aromatic N) is 2. The van der Waals surface area contributed by atoms with E-state index < -0.39 is 5.97 Å². The van der Waals surface area contributed by atoms with Crippen molar-refractivity contribution in [2.24, 2.45) is 0 Å². The van der Waals surface area contributed by atoms with Gasteiger partial charge < -0.3 is 19.7 Å². The number of carbonyl (C=O) groups is 1. The van der Waals surface area contributed by atoms with E-state index in [9.17, 15) is 9.90 Å². The molecule has 7 heteroatoms. The number of phenolic OH excluding ortho intramolecular Hbond substituents is 1. The molecule has 0 saturated carbocycles. The second-order valence-corrected chi connectivity index (χ2v) is 4.87. The van der Waals surface area contributed by atoms with Crippen molar-refractivity contribution in [1.82, 2.24) is 9.78 Å². The third kappa shape index (κ3) is 3.82. The highest BCUT2D eigenvalue weighted by Gasteiger charge is 2.10. The Kier molecular flexibility index (Phi) is 4.90. The van der Waals surface area contributed by atoms with Crippen LogP contribution in [0.25, 0.3) is 12.2 Å². The number of aromatic nitrogens is 2. The number of rotatable bonds is 6. The number of hydrogen-bond acceptors (Lipinski definition) is 5. The van der Waals surface area contributed by atoms with Crippen LogP contribution in [-0.4, -0.2) is 40.2 Å². The van der Waals surface area contributed by atoms with Crippen LogP contribution in [0.3, 0.4) is 0 Å². The van der Waals surface area contributed by atoms with Gasteiger partial charge in [-0.3, -0.25) is 9.48 Å². The molecule has 0 aliphatic heterocycles. The molecule has 0 saturated heterocycles. The second kappa shape index (κ2) is 6.87. The number of ether oxygens (including phenoxy) is 2. The minimum absolute atomic E-state index is 0.0705. The first kappa shape index (κ1) is 16.4. The molecule has 0 atom stereocenters. The van der Waals surface area contributed by atoms with Gasteiger partial charge in [-0.15, -0.1) is 0 Å². The van der Waals surface area contributed by atoms with Crippen molar-refractivity contribution in [3.8, 4) is 17.2 Å². The maximum atomic E-state index is 10.9. The first-order valence-corrected chi connectivity index (χ1v) is 6.84. The highest BCUT2D eigenvalue weighted by Crippen LogP contribution is 2.37. The molecule has 0 unspecified atom stereocenters. The van der Waals surface area contributed by atoms with Crippen LogP contribution in [0, 0.1) is 6.92 Å². The van der Waals surface area contributed by atoms with Crippen LogP contribution in [0.4, 0.5) is 0 Å². The van der Waals surface area contributed by atoms with E-state index in [-0.39, 0.29) is 12.3 Å². The molecule has 1 heterocycles. The molecular weight excluding hydrogens is 300 g/mol. The van der Waals surface area contributed by atoms with E-state index in [1.165, 1.54) is 18.9 Å². The summed E-state index contributed by atoms with van der Waals surface area (Å²) in [5, 5.41) is 22.9. The lowest BCUT2D eigenvalue weighted by atomic mass is 10.1. The SMILES string of the molecule is COc1cc(C=Cc2cc(C)nn2CC(=O)O)cc(OC)c1O. The highest BCUT2D eigenvalue weighted by molar-refractivity contribution is 5.72. The number of hydrogen-bond donors (Lipinski definition) is 2. The van der Waals surface area contributed by atoms with Crippen LogP contribution in [0.15, 0.2) is 18.2 Å². The average Bonchev–Trinajstić information content (AvgIpc) is 2.85. The van der Waals surface area contributed by atoms with Crippen molar-refractivity contribution < 1.29 is 24.5 Å². The minimum Gasteiger partial charge on any atom is -0.502 e. The summed E-state index contributed by atoms with van der Waals surface area (Å²) >= 11 is 0. The number of phenols is 1. The van der Waals surface area contributed by atoms with Gasteiger partial charge >= 0.3 is 5.97 Å². The summed E-state index contributed by atoms with van der Waals surface area (Å²) < 4.78 is 11.6. The highest BCUT2D eigenvalue weighted by atomic mass is 16.5. The molecule has 122 valence electrons. The zero-order chi connectivity index (χ0) is 17.0. The third-order valence-electron chi connectivity index (χ3n) is 3.17. The zero-order valence-corrected chi connectivity index (χ0v) is 13.1. The van der Waals surface area contributed by atoms with E-state index in [0.717, 1.165) is 11.3 Å². The minimum atomic E-state index is -0.962. The van der Waals surface area contributed by atoms with Crippen LogP contribution in [0.2, 0.25) is 0 Å². The van der Waals surface area contributed by atoms with Crippen molar-refractivity contribution in [3.63, 3.8) is 0 Å². The Hall–Kier alpha value is -2.96. The third-order valence-corrected chi connectivity index (χ3v) is 3.17. The molecule has 0 amide bonds. The van der Waals surface area contributed by atoms with E-state index in [2.05, 4.69) is 5.10 Å². The predicted octanol–water partition coefficient (Wildman–Crippen LogP) is 2.17.